The Balaban J connectivity index is 3.64. The third-order valence-corrected chi connectivity index (χ3v) is 1.39. The largest absolute Gasteiger partial charge is 0.458 e. The minimum Gasteiger partial charge on any atom is -0.458 e. The van der Waals surface area contributed by atoms with Crippen LogP contribution < -0.4 is 0 Å². The van der Waals surface area contributed by atoms with Crippen LogP contribution in [0.1, 0.15) is 27.2 Å². The first-order valence-corrected chi connectivity index (χ1v) is 4.44. The smallest absolute Gasteiger partial charge is 0.166 e. The van der Waals surface area contributed by atoms with Gasteiger partial charge in [0.15, 0.2) is 5.05 Å². The molecule has 0 rings (SSSR count). The molecule has 0 aromatic rings. The van der Waals surface area contributed by atoms with Gasteiger partial charge in [0.1, 0.15) is 0 Å². The molecule has 2 heteroatoms. The van der Waals surface area contributed by atoms with E-state index in [1.165, 1.54) is 0 Å². The van der Waals surface area contributed by atoms with Crippen molar-refractivity contribution in [3.05, 3.63) is 24.5 Å². The molecule has 12 heavy (non-hydrogen) atoms. The molecule has 0 aliphatic rings. The maximum Gasteiger partial charge on any atom is 0.166 e. The van der Waals surface area contributed by atoms with Gasteiger partial charge in [-0.3, -0.25) is 0 Å². The second-order valence-corrected chi connectivity index (χ2v) is 3.69. The summed E-state index contributed by atoms with van der Waals surface area (Å²) in [7, 11) is 0. The van der Waals surface area contributed by atoms with E-state index in [2.05, 4.69) is 20.4 Å². The van der Waals surface area contributed by atoms with E-state index in [4.69, 9.17) is 17.0 Å². The van der Waals surface area contributed by atoms with Gasteiger partial charge in [0, 0.05) is 6.42 Å². The van der Waals surface area contributed by atoms with E-state index in [1.807, 2.05) is 6.92 Å². The summed E-state index contributed by atoms with van der Waals surface area (Å²) in [5.74, 6) is 0.552. The molecule has 0 fully saturated rings. The summed E-state index contributed by atoms with van der Waals surface area (Å²) >= 11 is 4.98. The van der Waals surface area contributed by atoms with Crippen molar-refractivity contribution in [3.63, 3.8) is 0 Å². The average molecular weight is 184 g/mol. The summed E-state index contributed by atoms with van der Waals surface area (Å²) in [5, 5.41) is 0.641. The van der Waals surface area contributed by atoms with E-state index in [0.717, 1.165) is 12.0 Å². The Morgan fingerprint density at radius 3 is 2.58 bits per heavy atom. The molecule has 0 saturated carbocycles. The van der Waals surface area contributed by atoms with Crippen LogP contribution in [0.15, 0.2) is 24.5 Å². The van der Waals surface area contributed by atoms with Crippen LogP contribution in [0.2, 0.25) is 0 Å². The van der Waals surface area contributed by atoms with Crippen LogP contribution in [-0.2, 0) is 4.74 Å². The molecule has 0 atom stereocenters. The van der Waals surface area contributed by atoms with Crippen LogP contribution in [0.4, 0.5) is 0 Å². The molecule has 0 aliphatic carbocycles. The predicted octanol–water partition coefficient (Wildman–Crippen LogP) is 3.47. The van der Waals surface area contributed by atoms with Crippen molar-refractivity contribution in [1.29, 1.82) is 0 Å². The summed E-state index contributed by atoms with van der Waals surface area (Å²) in [6.07, 6.45) is 4.22. The highest BCUT2D eigenvalue weighted by molar-refractivity contribution is 7.80. The first-order valence-electron chi connectivity index (χ1n) is 4.04. The number of thiocarbonyl (C=S) groups is 1. The molecule has 0 aromatic heterocycles. The van der Waals surface area contributed by atoms with Crippen molar-refractivity contribution in [1.82, 2.24) is 0 Å². The fourth-order valence-electron chi connectivity index (χ4n) is 0.608. The number of rotatable bonds is 4. The van der Waals surface area contributed by atoms with Gasteiger partial charge >= 0.3 is 0 Å². The summed E-state index contributed by atoms with van der Waals surface area (Å²) in [6.45, 7) is 9.83. The second-order valence-electron chi connectivity index (χ2n) is 3.24. The molecule has 0 heterocycles. The van der Waals surface area contributed by atoms with Crippen LogP contribution in [-0.4, -0.2) is 5.05 Å². The van der Waals surface area contributed by atoms with E-state index >= 15 is 0 Å². The van der Waals surface area contributed by atoms with E-state index in [1.54, 1.807) is 12.3 Å². The third kappa shape index (κ3) is 7.48. The van der Waals surface area contributed by atoms with Crippen LogP contribution in [0, 0.1) is 5.92 Å². The lowest BCUT2D eigenvalue weighted by atomic mass is 10.1. The fourth-order valence-corrected chi connectivity index (χ4v) is 0.996. The summed E-state index contributed by atoms with van der Waals surface area (Å²) < 4.78 is 5.15. The highest BCUT2D eigenvalue weighted by Gasteiger charge is 1.99. The van der Waals surface area contributed by atoms with Crippen molar-refractivity contribution in [2.24, 2.45) is 5.92 Å². The monoisotopic (exact) mass is 184 g/mol. The lowest BCUT2D eigenvalue weighted by molar-refractivity contribution is 0.454. The Bertz CT molecular complexity index is 192. The molecule has 68 valence electrons. The van der Waals surface area contributed by atoms with Gasteiger partial charge in [0.25, 0.3) is 0 Å². The van der Waals surface area contributed by atoms with Gasteiger partial charge in [-0.1, -0.05) is 26.0 Å². The van der Waals surface area contributed by atoms with Gasteiger partial charge in [0.05, 0.1) is 6.26 Å². The average Bonchev–Trinajstić information content (AvgIpc) is 1.84. The molecule has 0 amide bonds. The number of hydrogen-bond donors (Lipinski definition) is 0. The maximum absolute atomic E-state index is 5.15. The summed E-state index contributed by atoms with van der Waals surface area (Å²) in [5.41, 5.74) is 0.961. The molecule has 0 unspecified atom stereocenters. The molecule has 0 aromatic carbocycles. The fraction of sp³-hybridized carbons (Fsp3) is 0.500. The number of allylic oxidation sites excluding steroid dienone is 2. The Morgan fingerprint density at radius 1 is 1.58 bits per heavy atom. The topological polar surface area (TPSA) is 9.23 Å². The first-order chi connectivity index (χ1) is 5.52. The van der Waals surface area contributed by atoms with Crippen LogP contribution in [0.25, 0.3) is 0 Å². The van der Waals surface area contributed by atoms with E-state index in [-0.39, 0.29) is 0 Å². The van der Waals surface area contributed by atoms with Gasteiger partial charge in [-0.25, -0.2) is 0 Å². The zero-order valence-corrected chi connectivity index (χ0v) is 8.78. The lowest BCUT2D eigenvalue weighted by Gasteiger charge is -2.04. The zero-order valence-electron chi connectivity index (χ0n) is 7.96. The minimum atomic E-state index is 0.552. The van der Waals surface area contributed by atoms with Crippen molar-refractivity contribution in [2.45, 2.75) is 27.2 Å². The van der Waals surface area contributed by atoms with Gasteiger partial charge in [-0.15, -0.1) is 0 Å². The van der Waals surface area contributed by atoms with Gasteiger partial charge < -0.3 is 4.74 Å². The SMILES string of the molecule is C=C(C)C=COC(=S)CC(C)C. The normalized spacial score (nSPS) is 10.7. The van der Waals surface area contributed by atoms with E-state index < -0.39 is 0 Å². The highest BCUT2D eigenvalue weighted by Crippen LogP contribution is 2.03. The highest BCUT2D eigenvalue weighted by atomic mass is 32.1. The lowest BCUT2D eigenvalue weighted by Crippen LogP contribution is -2.00. The van der Waals surface area contributed by atoms with Crippen LogP contribution in [0.3, 0.4) is 0 Å². The second kappa shape index (κ2) is 5.95. The van der Waals surface area contributed by atoms with Crippen molar-refractivity contribution in [3.8, 4) is 0 Å². The Labute approximate surface area is 80.1 Å². The quantitative estimate of drug-likeness (QED) is 0.376. The standard InChI is InChI=1S/C10H16OS/c1-8(2)5-6-11-10(12)7-9(3)4/h5-6,9H,1,7H2,2-4H3. The number of ether oxygens (including phenoxy) is 1. The van der Waals surface area contributed by atoms with Gasteiger partial charge in [-0.2, -0.15) is 0 Å². The van der Waals surface area contributed by atoms with Crippen LogP contribution in [0.5, 0.6) is 0 Å². The molecular weight excluding hydrogens is 168 g/mol. The van der Waals surface area contributed by atoms with Crippen molar-refractivity contribution >= 4 is 17.3 Å². The molecule has 0 spiro atoms. The maximum atomic E-state index is 5.15. The van der Waals surface area contributed by atoms with Crippen LogP contribution >= 0.6 is 12.2 Å². The molecule has 0 N–H and O–H groups in total. The third-order valence-electron chi connectivity index (χ3n) is 1.13. The van der Waals surface area contributed by atoms with E-state index in [0.29, 0.717) is 11.0 Å². The van der Waals surface area contributed by atoms with E-state index in [9.17, 15) is 0 Å². The molecule has 0 aliphatic heterocycles. The van der Waals surface area contributed by atoms with Gasteiger partial charge in [-0.05, 0) is 31.1 Å². The predicted molar refractivity (Wildman–Crippen MR) is 57.1 cm³/mol. The molecule has 0 radical (unpaired) electrons. The molecular formula is C10H16OS. The van der Waals surface area contributed by atoms with Crippen molar-refractivity contribution < 1.29 is 4.74 Å². The molecule has 0 bridgehead atoms. The van der Waals surface area contributed by atoms with Crippen molar-refractivity contribution in [2.75, 3.05) is 0 Å². The molecule has 0 saturated heterocycles. The summed E-state index contributed by atoms with van der Waals surface area (Å²) in [4.78, 5) is 0. The Hall–Kier alpha value is -0.630. The molecule has 1 nitrogen and oxygen atoms in total. The summed E-state index contributed by atoms with van der Waals surface area (Å²) in [6, 6.07) is 0. The first kappa shape index (κ1) is 11.4. The number of hydrogen-bond acceptors (Lipinski definition) is 2. The Kier molecular flexibility index (Phi) is 5.64. The Morgan fingerprint density at radius 2 is 2.17 bits per heavy atom. The minimum absolute atomic E-state index is 0.552. The zero-order chi connectivity index (χ0) is 9.56. The van der Waals surface area contributed by atoms with Gasteiger partial charge in [0.2, 0.25) is 0 Å².